The number of hydrogen-bond acceptors (Lipinski definition) is 7. The molecular formula is C23H34N8O3. The number of aryl methyl sites for hydroxylation is 1. The van der Waals surface area contributed by atoms with Gasteiger partial charge in [0, 0.05) is 26.6 Å². The summed E-state index contributed by atoms with van der Waals surface area (Å²) in [5, 5.41) is 15.2. The van der Waals surface area contributed by atoms with Crippen molar-refractivity contribution in [2.75, 3.05) is 20.1 Å². The molecule has 34 heavy (non-hydrogen) atoms. The van der Waals surface area contributed by atoms with Gasteiger partial charge in [0.25, 0.3) is 5.91 Å². The summed E-state index contributed by atoms with van der Waals surface area (Å²) in [6, 6.07) is 0.625. The van der Waals surface area contributed by atoms with Crippen LogP contribution in [0.25, 0.3) is 0 Å². The van der Waals surface area contributed by atoms with E-state index in [1.165, 1.54) is 17.3 Å². The van der Waals surface area contributed by atoms with E-state index >= 15 is 0 Å². The van der Waals surface area contributed by atoms with Crippen molar-refractivity contribution in [1.29, 1.82) is 0 Å². The van der Waals surface area contributed by atoms with Crippen LogP contribution in [-0.2, 0) is 16.1 Å². The van der Waals surface area contributed by atoms with Crippen LogP contribution < -0.4 is 5.32 Å². The zero-order valence-electron chi connectivity index (χ0n) is 20.6. The molecule has 0 unspecified atom stereocenters. The third-order valence-corrected chi connectivity index (χ3v) is 6.01. The summed E-state index contributed by atoms with van der Waals surface area (Å²) in [6.45, 7) is 8.85. The van der Waals surface area contributed by atoms with Crippen LogP contribution in [0.5, 0.6) is 0 Å². The highest BCUT2D eigenvalue weighted by Crippen LogP contribution is 2.21. The number of nitrogens with zero attached hydrogens (tertiary/aromatic N) is 7. The SMILES string of the molecule is Cc1nc2n(n1)CCN(C(=O)c1ccnnc1)CCCC(=O)N(C)[C@@H](C)C(=O)N[C@@H]2CC(C)C. The molecule has 0 aromatic carbocycles. The van der Waals surface area contributed by atoms with Gasteiger partial charge in [0.1, 0.15) is 17.7 Å². The first-order valence-electron chi connectivity index (χ1n) is 11.7. The molecular weight excluding hydrogens is 436 g/mol. The average molecular weight is 471 g/mol. The minimum Gasteiger partial charge on any atom is -0.344 e. The van der Waals surface area contributed by atoms with E-state index in [0.717, 1.165) is 0 Å². The van der Waals surface area contributed by atoms with Crippen molar-refractivity contribution in [3.8, 4) is 0 Å². The largest absolute Gasteiger partial charge is 0.344 e. The Morgan fingerprint density at radius 2 is 1.97 bits per heavy atom. The molecule has 0 spiro atoms. The van der Waals surface area contributed by atoms with E-state index in [4.69, 9.17) is 0 Å². The van der Waals surface area contributed by atoms with Crippen LogP contribution in [0.15, 0.2) is 18.5 Å². The Morgan fingerprint density at radius 3 is 2.65 bits per heavy atom. The van der Waals surface area contributed by atoms with E-state index in [-0.39, 0.29) is 30.2 Å². The summed E-state index contributed by atoms with van der Waals surface area (Å²) in [4.78, 5) is 46.7. The van der Waals surface area contributed by atoms with Gasteiger partial charge in [-0.2, -0.15) is 15.3 Å². The molecule has 0 saturated carbocycles. The molecule has 1 N–H and O–H groups in total. The molecule has 0 bridgehead atoms. The molecule has 0 aliphatic carbocycles. The lowest BCUT2D eigenvalue weighted by molar-refractivity contribution is -0.138. The van der Waals surface area contributed by atoms with Gasteiger partial charge in [-0.1, -0.05) is 13.8 Å². The number of rotatable bonds is 3. The first-order valence-corrected chi connectivity index (χ1v) is 11.7. The quantitative estimate of drug-likeness (QED) is 0.718. The number of amides is 3. The molecule has 3 rings (SSSR count). The molecule has 3 heterocycles. The maximum atomic E-state index is 13.2. The van der Waals surface area contributed by atoms with Crippen LogP contribution in [0.1, 0.15) is 68.1 Å². The van der Waals surface area contributed by atoms with Gasteiger partial charge >= 0.3 is 0 Å². The molecule has 1 aliphatic heterocycles. The van der Waals surface area contributed by atoms with Gasteiger partial charge in [0.15, 0.2) is 0 Å². The van der Waals surface area contributed by atoms with E-state index < -0.39 is 6.04 Å². The average Bonchev–Trinajstić information content (AvgIpc) is 3.19. The smallest absolute Gasteiger partial charge is 0.255 e. The lowest BCUT2D eigenvalue weighted by Gasteiger charge is -2.29. The van der Waals surface area contributed by atoms with Crippen molar-refractivity contribution in [1.82, 2.24) is 40.1 Å². The summed E-state index contributed by atoms with van der Waals surface area (Å²) in [5.41, 5.74) is 0.438. The van der Waals surface area contributed by atoms with Crippen LogP contribution in [0, 0.1) is 12.8 Å². The summed E-state index contributed by atoms with van der Waals surface area (Å²) < 4.78 is 1.78. The number of likely N-dealkylation sites (N-methyl/N-ethyl adjacent to an activating group) is 1. The minimum atomic E-state index is -0.636. The van der Waals surface area contributed by atoms with Gasteiger partial charge in [-0.05, 0) is 38.7 Å². The Morgan fingerprint density at radius 1 is 1.21 bits per heavy atom. The topological polar surface area (TPSA) is 126 Å². The Hall–Kier alpha value is -3.37. The van der Waals surface area contributed by atoms with E-state index in [2.05, 4.69) is 39.4 Å². The number of carbonyl (C=O) groups excluding carboxylic acids is 3. The van der Waals surface area contributed by atoms with Gasteiger partial charge in [0.2, 0.25) is 11.8 Å². The Labute approximate surface area is 199 Å². The fourth-order valence-electron chi connectivity index (χ4n) is 4.01. The molecule has 3 amide bonds. The van der Waals surface area contributed by atoms with Crippen LogP contribution in [0.3, 0.4) is 0 Å². The summed E-state index contributed by atoms with van der Waals surface area (Å²) in [7, 11) is 1.63. The number of hydrogen-bond donors (Lipinski definition) is 1. The predicted octanol–water partition coefficient (Wildman–Crippen LogP) is 1.36. The van der Waals surface area contributed by atoms with E-state index in [1.54, 1.807) is 29.6 Å². The maximum Gasteiger partial charge on any atom is 0.255 e. The zero-order valence-corrected chi connectivity index (χ0v) is 20.6. The highest BCUT2D eigenvalue weighted by atomic mass is 16.2. The third-order valence-electron chi connectivity index (χ3n) is 6.01. The molecule has 0 fully saturated rings. The van der Waals surface area contributed by atoms with Gasteiger partial charge in [-0.3, -0.25) is 14.4 Å². The van der Waals surface area contributed by atoms with Crippen LogP contribution in [0.2, 0.25) is 0 Å². The van der Waals surface area contributed by atoms with E-state index in [0.29, 0.717) is 55.6 Å². The summed E-state index contributed by atoms with van der Waals surface area (Å²) >= 11 is 0. The van der Waals surface area contributed by atoms with Gasteiger partial charge in [-0.25, -0.2) is 9.67 Å². The Bertz CT molecular complexity index is 1010. The van der Waals surface area contributed by atoms with Gasteiger partial charge in [0.05, 0.1) is 30.5 Å². The first kappa shape index (κ1) is 25.3. The van der Waals surface area contributed by atoms with Crippen molar-refractivity contribution >= 4 is 17.7 Å². The van der Waals surface area contributed by atoms with Gasteiger partial charge < -0.3 is 15.1 Å². The summed E-state index contributed by atoms with van der Waals surface area (Å²) in [6.07, 6.45) is 4.29. The first-order chi connectivity index (χ1) is 16.2. The molecule has 11 heteroatoms. The molecule has 11 nitrogen and oxygen atoms in total. The van der Waals surface area contributed by atoms with Crippen LogP contribution in [-0.4, -0.2) is 78.7 Å². The number of nitrogens with one attached hydrogen (secondary N) is 1. The van der Waals surface area contributed by atoms with Crippen molar-refractivity contribution in [2.45, 2.75) is 65.6 Å². The highest BCUT2D eigenvalue weighted by molar-refractivity contribution is 5.93. The minimum absolute atomic E-state index is 0.142. The normalized spacial score (nSPS) is 20.6. The highest BCUT2D eigenvalue weighted by Gasteiger charge is 2.29. The lowest BCUT2D eigenvalue weighted by Crippen LogP contribution is -2.47. The second-order valence-corrected chi connectivity index (χ2v) is 9.14. The molecule has 0 saturated heterocycles. The van der Waals surface area contributed by atoms with Crippen LogP contribution in [0.4, 0.5) is 0 Å². The molecule has 184 valence electrons. The number of fused-ring (bicyclic) bond motifs is 1. The predicted molar refractivity (Wildman–Crippen MR) is 124 cm³/mol. The fourth-order valence-corrected chi connectivity index (χ4v) is 4.01. The fraction of sp³-hybridized carbons (Fsp3) is 0.609. The Kier molecular flexibility index (Phi) is 8.30. The molecule has 2 aromatic rings. The second kappa shape index (κ2) is 11.2. The van der Waals surface area contributed by atoms with Gasteiger partial charge in [-0.15, -0.1) is 0 Å². The lowest BCUT2D eigenvalue weighted by atomic mass is 10.0. The number of aromatic nitrogens is 5. The Balaban J connectivity index is 1.95. The standard InChI is InChI=1S/C23H34N8O3/c1-15(2)13-19-21-26-17(4)28-31(21)12-11-30(23(34)18-8-9-24-25-14-18)10-6-7-20(32)29(5)16(3)22(33)27-19/h8-9,14-16,19H,6-7,10-13H2,1-5H3,(H,27,33)/t16-,19+/m0/s1. The van der Waals surface area contributed by atoms with Crippen LogP contribution >= 0.6 is 0 Å². The van der Waals surface area contributed by atoms with E-state index in [1.807, 2.05) is 6.92 Å². The molecule has 2 aromatic heterocycles. The molecule has 0 radical (unpaired) electrons. The zero-order chi connectivity index (χ0) is 24.8. The molecule has 2 atom stereocenters. The van der Waals surface area contributed by atoms with Crippen molar-refractivity contribution in [2.24, 2.45) is 5.92 Å². The third kappa shape index (κ3) is 6.15. The molecule has 1 aliphatic rings. The second-order valence-electron chi connectivity index (χ2n) is 9.14. The van der Waals surface area contributed by atoms with Crippen molar-refractivity contribution < 1.29 is 14.4 Å². The summed E-state index contributed by atoms with van der Waals surface area (Å²) in [5.74, 6) is 0.989. The maximum absolute atomic E-state index is 13.2. The monoisotopic (exact) mass is 470 g/mol. The van der Waals surface area contributed by atoms with Crippen molar-refractivity contribution in [3.05, 3.63) is 35.7 Å². The number of carbonyl (C=O) groups is 3. The van der Waals surface area contributed by atoms with E-state index in [9.17, 15) is 14.4 Å². The van der Waals surface area contributed by atoms with Crippen molar-refractivity contribution in [3.63, 3.8) is 0 Å².